The fourth-order valence-corrected chi connectivity index (χ4v) is 5.77. The lowest BCUT2D eigenvalue weighted by atomic mass is 9.93. The van der Waals surface area contributed by atoms with Crippen molar-refractivity contribution in [2.45, 2.75) is 51.6 Å². The van der Waals surface area contributed by atoms with Gasteiger partial charge in [-0.25, -0.2) is 13.6 Å². The topological polar surface area (TPSA) is 114 Å². The molecule has 4 aromatic rings. The monoisotopic (exact) mass is 658 g/mol. The summed E-state index contributed by atoms with van der Waals surface area (Å²) in [6, 6.07) is 6.51. The Morgan fingerprint density at radius 1 is 1.13 bits per heavy atom. The Hall–Kier alpha value is -4.85. The van der Waals surface area contributed by atoms with Crippen LogP contribution >= 0.6 is 0 Å². The van der Waals surface area contributed by atoms with E-state index in [-0.39, 0.29) is 45.6 Å². The Morgan fingerprint density at radius 3 is 2.45 bits per heavy atom. The number of anilines is 1. The third-order valence-corrected chi connectivity index (χ3v) is 8.33. The minimum absolute atomic E-state index is 0.00810. The molecule has 0 spiro atoms. The molecule has 2 aromatic heterocycles. The van der Waals surface area contributed by atoms with Crippen molar-refractivity contribution >= 4 is 28.5 Å². The molecular formula is C33H31F5N4O5. The van der Waals surface area contributed by atoms with E-state index in [0.717, 1.165) is 22.8 Å². The molecule has 2 aromatic carbocycles. The van der Waals surface area contributed by atoms with Gasteiger partial charge in [-0.3, -0.25) is 14.6 Å². The van der Waals surface area contributed by atoms with Gasteiger partial charge in [0.1, 0.15) is 23.2 Å². The first kappa shape index (κ1) is 33.5. The van der Waals surface area contributed by atoms with Crippen LogP contribution in [-0.4, -0.2) is 57.9 Å². The number of nitrogens with zero attached hydrogens (tertiary/aromatic N) is 3. The van der Waals surface area contributed by atoms with E-state index in [1.54, 1.807) is 4.90 Å². The van der Waals surface area contributed by atoms with E-state index >= 15 is 8.78 Å². The van der Waals surface area contributed by atoms with Crippen LogP contribution in [-0.2, 0) is 29.2 Å². The van der Waals surface area contributed by atoms with Crippen LogP contribution in [0.15, 0.2) is 53.5 Å². The number of aliphatic carboxylic acids is 1. The number of pyridine rings is 2. The second kappa shape index (κ2) is 12.7. The molecule has 0 saturated carbocycles. The van der Waals surface area contributed by atoms with Gasteiger partial charge in [0, 0.05) is 54.6 Å². The fourth-order valence-electron chi connectivity index (χ4n) is 5.77. The number of fused-ring (bicyclic) bond motifs is 1. The summed E-state index contributed by atoms with van der Waals surface area (Å²) in [7, 11) is 1.34. The second-order valence-corrected chi connectivity index (χ2v) is 11.6. The van der Waals surface area contributed by atoms with Gasteiger partial charge < -0.3 is 24.6 Å². The Balaban J connectivity index is 1.49. The Morgan fingerprint density at radius 2 is 1.81 bits per heavy atom. The normalized spacial score (nSPS) is 17.5. The Labute approximate surface area is 265 Å². The number of nitrogens with one attached hydrogen (secondary N) is 1. The van der Waals surface area contributed by atoms with Crippen LogP contribution < -0.4 is 15.8 Å². The molecule has 0 radical (unpaired) electrons. The van der Waals surface area contributed by atoms with Gasteiger partial charge in [-0.15, -0.1) is 0 Å². The van der Waals surface area contributed by atoms with Gasteiger partial charge in [0.15, 0.2) is 0 Å². The summed E-state index contributed by atoms with van der Waals surface area (Å²) >= 11 is 0. The maximum Gasteiger partial charge on any atom is 0.417 e. The molecule has 3 atom stereocenters. The number of morpholine rings is 1. The molecule has 14 heteroatoms. The standard InChI is InChI=1S/C33H31F5N4O5/c1-16-10-23(33(36,37)38)27(31(44)41(16)4)22-8-7-19(21-6-5-9-39-29(21)22)11-26(32(45)46)40-30(43)28-24(34)12-20(13-25(28)35)42-14-18(3)47-15-17(42)2/h5-10,12-13,17-18,26H,11,14-15H2,1-4H3,(H,40,43)(H,45,46)/t17-,18-,26+/m1/s1. The van der Waals surface area contributed by atoms with Crippen LogP contribution in [0.25, 0.3) is 22.0 Å². The van der Waals surface area contributed by atoms with Gasteiger partial charge in [0.05, 0.1) is 29.4 Å². The van der Waals surface area contributed by atoms with Crippen molar-refractivity contribution in [1.29, 1.82) is 0 Å². The summed E-state index contributed by atoms with van der Waals surface area (Å²) in [5, 5.41) is 12.3. The average molecular weight is 659 g/mol. The van der Waals surface area contributed by atoms with E-state index in [9.17, 15) is 32.7 Å². The van der Waals surface area contributed by atoms with Crippen LogP contribution in [0.4, 0.5) is 27.6 Å². The van der Waals surface area contributed by atoms with Crippen molar-refractivity contribution in [3.63, 3.8) is 0 Å². The van der Waals surface area contributed by atoms with E-state index in [2.05, 4.69) is 10.3 Å². The Bertz CT molecular complexity index is 1920. The number of hydrogen-bond donors (Lipinski definition) is 2. The lowest BCUT2D eigenvalue weighted by molar-refractivity contribution is -0.139. The highest BCUT2D eigenvalue weighted by molar-refractivity contribution is 5.99. The van der Waals surface area contributed by atoms with Crippen molar-refractivity contribution < 1.29 is 41.4 Å². The van der Waals surface area contributed by atoms with Crippen molar-refractivity contribution in [2.24, 2.45) is 7.05 Å². The smallest absolute Gasteiger partial charge is 0.417 e. The number of halogens is 5. The number of aromatic nitrogens is 2. The quantitative estimate of drug-likeness (QED) is 0.261. The number of ether oxygens (including phenoxy) is 1. The minimum atomic E-state index is -4.87. The first-order valence-electron chi connectivity index (χ1n) is 14.6. The molecule has 5 rings (SSSR count). The molecule has 248 valence electrons. The lowest BCUT2D eigenvalue weighted by Crippen LogP contribution is -2.47. The number of carbonyl (C=O) groups is 2. The van der Waals surface area contributed by atoms with Crippen LogP contribution in [0.3, 0.4) is 0 Å². The minimum Gasteiger partial charge on any atom is -0.480 e. The largest absolute Gasteiger partial charge is 0.480 e. The molecule has 1 aliphatic heterocycles. The first-order valence-corrected chi connectivity index (χ1v) is 14.6. The second-order valence-electron chi connectivity index (χ2n) is 11.6. The number of carboxylic acid groups (broad SMARTS) is 1. The third-order valence-electron chi connectivity index (χ3n) is 8.33. The zero-order chi connectivity index (χ0) is 34.4. The van der Waals surface area contributed by atoms with Gasteiger partial charge in [0.25, 0.3) is 11.5 Å². The van der Waals surface area contributed by atoms with Crippen molar-refractivity contribution in [3.8, 4) is 11.1 Å². The predicted molar refractivity (Wildman–Crippen MR) is 163 cm³/mol. The molecule has 1 amide bonds. The maximum absolute atomic E-state index is 15.2. The van der Waals surface area contributed by atoms with Crippen LogP contribution in [0.1, 0.15) is 41.0 Å². The summed E-state index contributed by atoms with van der Waals surface area (Å²) < 4.78 is 79.4. The molecule has 1 aliphatic rings. The highest BCUT2D eigenvalue weighted by Gasteiger charge is 2.37. The number of carboxylic acids is 1. The van der Waals surface area contributed by atoms with E-state index in [4.69, 9.17) is 4.74 Å². The highest BCUT2D eigenvalue weighted by Crippen LogP contribution is 2.38. The lowest BCUT2D eigenvalue weighted by Gasteiger charge is -2.38. The zero-order valence-electron chi connectivity index (χ0n) is 25.8. The molecule has 0 aliphatic carbocycles. The Kier molecular flexibility index (Phi) is 9.09. The van der Waals surface area contributed by atoms with Gasteiger partial charge >= 0.3 is 12.1 Å². The number of carbonyl (C=O) groups excluding carboxylic acids is 1. The summed E-state index contributed by atoms with van der Waals surface area (Å²) in [6.45, 7) is 5.71. The SMILES string of the molecule is Cc1cc(C(F)(F)F)c(-c2ccc(C[C@H](NC(=O)c3c(F)cc(N4C[C@@H](C)OC[C@H]4C)cc3F)C(=O)O)c3cccnc23)c(=O)n1C. The van der Waals surface area contributed by atoms with Crippen molar-refractivity contribution in [2.75, 3.05) is 18.1 Å². The molecule has 3 heterocycles. The number of alkyl halides is 3. The van der Waals surface area contributed by atoms with Crippen molar-refractivity contribution in [1.82, 2.24) is 14.9 Å². The molecule has 0 bridgehead atoms. The number of hydrogen-bond acceptors (Lipinski definition) is 6. The van der Waals surface area contributed by atoms with Gasteiger partial charge in [0.2, 0.25) is 0 Å². The van der Waals surface area contributed by atoms with Crippen LogP contribution in [0.2, 0.25) is 0 Å². The van der Waals surface area contributed by atoms with E-state index in [0.29, 0.717) is 13.2 Å². The van der Waals surface area contributed by atoms with Crippen molar-refractivity contribution in [3.05, 3.63) is 93.0 Å². The molecule has 9 nitrogen and oxygen atoms in total. The summed E-state index contributed by atoms with van der Waals surface area (Å²) in [5.74, 6) is -5.21. The number of rotatable bonds is 7. The first-order chi connectivity index (χ1) is 22.1. The summed E-state index contributed by atoms with van der Waals surface area (Å²) in [4.78, 5) is 44.4. The van der Waals surface area contributed by atoms with E-state index < -0.39 is 64.4 Å². The maximum atomic E-state index is 15.2. The van der Waals surface area contributed by atoms with E-state index in [1.807, 2.05) is 13.8 Å². The molecule has 1 fully saturated rings. The number of benzene rings is 2. The van der Waals surface area contributed by atoms with Gasteiger partial charge in [-0.2, -0.15) is 13.2 Å². The molecule has 0 unspecified atom stereocenters. The fraction of sp³-hybridized carbons (Fsp3) is 0.333. The summed E-state index contributed by atoms with van der Waals surface area (Å²) in [5.41, 5.74) is -3.24. The highest BCUT2D eigenvalue weighted by atomic mass is 19.4. The zero-order valence-corrected chi connectivity index (χ0v) is 25.8. The van der Waals surface area contributed by atoms with Crippen LogP contribution in [0.5, 0.6) is 0 Å². The average Bonchev–Trinajstić information content (AvgIpc) is 3.00. The van der Waals surface area contributed by atoms with Gasteiger partial charge in [-0.1, -0.05) is 18.2 Å². The number of amides is 1. The van der Waals surface area contributed by atoms with Gasteiger partial charge in [-0.05, 0) is 50.6 Å². The van der Waals surface area contributed by atoms with Crippen LogP contribution in [0, 0.1) is 18.6 Å². The molecule has 1 saturated heterocycles. The van der Waals surface area contributed by atoms with E-state index in [1.165, 1.54) is 44.4 Å². The summed E-state index contributed by atoms with van der Waals surface area (Å²) in [6.07, 6.45) is -4.17. The molecule has 47 heavy (non-hydrogen) atoms. The third kappa shape index (κ3) is 6.55. The predicted octanol–water partition coefficient (Wildman–Crippen LogP) is 5.25. The molecule has 2 N–H and O–H groups in total. The molecular weight excluding hydrogens is 627 g/mol. The number of aryl methyl sites for hydroxylation is 1.